The van der Waals surface area contributed by atoms with Crippen LogP contribution < -0.4 is 5.32 Å². The van der Waals surface area contributed by atoms with Gasteiger partial charge in [0.1, 0.15) is 0 Å². The number of carbonyl (C=O) groups excluding carboxylic acids is 2. The molecule has 5 nitrogen and oxygen atoms in total. The lowest BCUT2D eigenvalue weighted by Gasteiger charge is -2.09. The first kappa shape index (κ1) is 13.6. The van der Waals surface area contributed by atoms with Gasteiger partial charge in [-0.25, -0.2) is 4.79 Å². The highest BCUT2D eigenvalue weighted by atomic mass is 16.5. The molecule has 0 aliphatic carbocycles. The topological polar surface area (TPSA) is 60.3 Å². The van der Waals surface area contributed by atoms with Crippen LogP contribution in [0.5, 0.6) is 0 Å². The molecule has 0 fully saturated rings. The number of methoxy groups -OCH3 is 1. The van der Waals surface area contributed by atoms with Crippen LogP contribution in [-0.2, 0) is 28.9 Å². The number of amides is 1. The van der Waals surface area contributed by atoms with Crippen molar-refractivity contribution in [2.75, 3.05) is 13.7 Å². The molecule has 1 aromatic heterocycles. The lowest BCUT2D eigenvalue weighted by atomic mass is 10.1. The molecular formula is C14H20N2O3. The Kier molecular flexibility index (Phi) is 4.24. The lowest BCUT2D eigenvalue weighted by Crippen LogP contribution is -2.21. The minimum atomic E-state index is -0.267. The summed E-state index contributed by atoms with van der Waals surface area (Å²) in [4.78, 5) is 22.6. The summed E-state index contributed by atoms with van der Waals surface area (Å²) in [7, 11) is 1.41. The first-order valence-corrected chi connectivity index (χ1v) is 6.67. The van der Waals surface area contributed by atoms with E-state index in [1.807, 2.05) is 6.07 Å². The highest BCUT2D eigenvalue weighted by molar-refractivity contribution is 5.91. The second-order valence-corrected chi connectivity index (χ2v) is 4.83. The molecule has 0 atom stereocenters. The van der Waals surface area contributed by atoms with Gasteiger partial charge in [0.2, 0.25) is 5.91 Å². The SMILES string of the molecule is COC(=O)c1cc2n(c1CCCNC(C)=O)CCC2. The fraction of sp³-hybridized carbons (Fsp3) is 0.571. The van der Waals surface area contributed by atoms with Crippen LogP contribution in [-0.4, -0.2) is 30.1 Å². The first-order valence-electron chi connectivity index (χ1n) is 6.67. The van der Waals surface area contributed by atoms with Gasteiger partial charge in [-0.05, 0) is 31.7 Å². The van der Waals surface area contributed by atoms with Crippen molar-refractivity contribution < 1.29 is 14.3 Å². The molecule has 0 saturated carbocycles. The molecule has 5 heteroatoms. The predicted octanol–water partition coefficient (Wildman–Crippen LogP) is 1.29. The Bertz CT molecular complexity index is 491. The van der Waals surface area contributed by atoms with Crippen molar-refractivity contribution in [2.24, 2.45) is 0 Å². The van der Waals surface area contributed by atoms with E-state index in [-0.39, 0.29) is 11.9 Å². The highest BCUT2D eigenvalue weighted by Crippen LogP contribution is 2.25. The number of carbonyl (C=O) groups is 2. The lowest BCUT2D eigenvalue weighted by molar-refractivity contribution is -0.118. The van der Waals surface area contributed by atoms with E-state index in [1.54, 1.807) is 0 Å². The van der Waals surface area contributed by atoms with Gasteiger partial charge >= 0.3 is 5.97 Å². The number of fused-ring (bicyclic) bond motifs is 1. The average molecular weight is 264 g/mol. The molecule has 1 aliphatic rings. The van der Waals surface area contributed by atoms with Crippen LogP contribution in [0.4, 0.5) is 0 Å². The van der Waals surface area contributed by atoms with Gasteiger partial charge in [-0.15, -0.1) is 0 Å². The van der Waals surface area contributed by atoms with E-state index < -0.39 is 0 Å². The van der Waals surface area contributed by atoms with Crippen molar-refractivity contribution in [3.63, 3.8) is 0 Å². The van der Waals surface area contributed by atoms with Gasteiger partial charge in [-0.2, -0.15) is 0 Å². The van der Waals surface area contributed by atoms with E-state index in [4.69, 9.17) is 4.74 Å². The number of esters is 1. The smallest absolute Gasteiger partial charge is 0.339 e. The zero-order chi connectivity index (χ0) is 13.8. The Morgan fingerprint density at radius 3 is 2.95 bits per heavy atom. The summed E-state index contributed by atoms with van der Waals surface area (Å²) in [6.07, 6.45) is 3.77. The minimum Gasteiger partial charge on any atom is -0.465 e. The molecule has 0 spiro atoms. The van der Waals surface area contributed by atoms with Crippen molar-refractivity contribution in [1.29, 1.82) is 0 Å². The van der Waals surface area contributed by atoms with Gasteiger partial charge in [-0.3, -0.25) is 4.79 Å². The van der Waals surface area contributed by atoms with Gasteiger partial charge < -0.3 is 14.6 Å². The van der Waals surface area contributed by atoms with Crippen molar-refractivity contribution in [2.45, 2.75) is 39.2 Å². The van der Waals surface area contributed by atoms with E-state index in [0.29, 0.717) is 12.1 Å². The van der Waals surface area contributed by atoms with Crippen LogP contribution in [0, 0.1) is 0 Å². The van der Waals surface area contributed by atoms with Gasteiger partial charge in [0, 0.05) is 31.4 Å². The molecular weight excluding hydrogens is 244 g/mol. The average Bonchev–Trinajstić information content (AvgIpc) is 2.94. The fourth-order valence-corrected chi connectivity index (χ4v) is 2.63. The monoisotopic (exact) mass is 264 g/mol. The van der Waals surface area contributed by atoms with Gasteiger partial charge in [0.05, 0.1) is 12.7 Å². The van der Waals surface area contributed by atoms with Crippen molar-refractivity contribution in [3.05, 3.63) is 23.0 Å². The van der Waals surface area contributed by atoms with Crippen LogP contribution in [0.1, 0.15) is 41.5 Å². The summed E-state index contributed by atoms with van der Waals surface area (Å²) in [5.74, 6) is -0.287. The first-order chi connectivity index (χ1) is 9.13. The summed E-state index contributed by atoms with van der Waals surface area (Å²) in [5.41, 5.74) is 2.94. The number of hydrogen-bond donors (Lipinski definition) is 1. The van der Waals surface area contributed by atoms with E-state index >= 15 is 0 Å². The number of rotatable bonds is 5. The maximum Gasteiger partial charge on any atom is 0.339 e. The van der Waals surface area contributed by atoms with Gasteiger partial charge in [0.15, 0.2) is 0 Å². The molecule has 0 radical (unpaired) electrons. The van der Waals surface area contributed by atoms with Crippen molar-refractivity contribution in [3.8, 4) is 0 Å². The normalized spacial score (nSPS) is 13.2. The van der Waals surface area contributed by atoms with Crippen molar-refractivity contribution in [1.82, 2.24) is 9.88 Å². The highest BCUT2D eigenvalue weighted by Gasteiger charge is 2.23. The molecule has 0 bridgehead atoms. The molecule has 2 rings (SSSR count). The van der Waals surface area contributed by atoms with Crippen LogP contribution >= 0.6 is 0 Å². The Labute approximate surface area is 112 Å². The van der Waals surface area contributed by atoms with Crippen LogP contribution in [0.2, 0.25) is 0 Å². The summed E-state index contributed by atoms with van der Waals surface area (Å²) in [6, 6.07) is 1.95. The molecule has 0 saturated heterocycles. The summed E-state index contributed by atoms with van der Waals surface area (Å²) in [5, 5.41) is 2.77. The molecule has 0 aromatic carbocycles. The second kappa shape index (κ2) is 5.91. The predicted molar refractivity (Wildman–Crippen MR) is 71.1 cm³/mol. The molecule has 1 N–H and O–H groups in total. The molecule has 2 heterocycles. The molecule has 1 amide bonds. The molecule has 1 aliphatic heterocycles. The van der Waals surface area contributed by atoms with Crippen molar-refractivity contribution >= 4 is 11.9 Å². The summed E-state index contributed by atoms with van der Waals surface area (Å²) in [6.45, 7) is 3.12. The standard InChI is InChI=1S/C14H20N2O3/c1-10(17)15-7-3-6-13-12(14(18)19-2)9-11-5-4-8-16(11)13/h9H,3-8H2,1-2H3,(H,15,17). The van der Waals surface area contributed by atoms with E-state index in [2.05, 4.69) is 9.88 Å². The Hall–Kier alpha value is -1.78. The molecule has 19 heavy (non-hydrogen) atoms. The third kappa shape index (κ3) is 2.97. The zero-order valence-corrected chi connectivity index (χ0v) is 11.5. The maximum atomic E-state index is 11.8. The maximum absolute atomic E-state index is 11.8. The van der Waals surface area contributed by atoms with Crippen LogP contribution in [0.15, 0.2) is 6.07 Å². The number of hydrogen-bond acceptors (Lipinski definition) is 3. The number of nitrogens with one attached hydrogen (secondary N) is 1. The third-order valence-electron chi connectivity index (χ3n) is 3.48. The number of aromatic nitrogens is 1. The van der Waals surface area contributed by atoms with Gasteiger partial charge in [-0.1, -0.05) is 0 Å². The zero-order valence-electron chi connectivity index (χ0n) is 11.5. The molecule has 104 valence electrons. The van der Waals surface area contributed by atoms with E-state index in [0.717, 1.165) is 37.9 Å². The van der Waals surface area contributed by atoms with Crippen LogP contribution in [0.25, 0.3) is 0 Å². The third-order valence-corrected chi connectivity index (χ3v) is 3.48. The quantitative estimate of drug-likeness (QED) is 0.644. The van der Waals surface area contributed by atoms with Gasteiger partial charge in [0.25, 0.3) is 0 Å². The van der Waals surface area contributed by atoms with E-state index in [1.165, 1.54) is 19.7 Å². The fourth-order valence-electron chi connectivity index (χ4n) is 2.63. The van der Waals surface area contributed by atoms with Crippen LogP contribution in [0.3, 0.4) is 0 Å². The molecule has 1 aromatic rings. The number of ether oxygens (including phenoxy) is 1. The van der Waals surface area contributed by atoms with E-state index in [9.17, 15) is 9.59 Å². The Morgan fingerprint density at radius 1 is 1.47 bits per heavy atom. The number of aryl methyl sites for hydroxylation is 1. The minimum absolute atomic E-state index is 0.0198. The summed E-state index contributed by atoms with van der Waals surface area (Å²) < 4.78 is 7.06. The second-order valence-electron chi connectivity index (χ2n) is 4.83. The Balaban J connectivity index is 2.09. The number of nitrogens with zero attached hydrogens (tertiary/aromatic N) is 1. The largest absolute Gasteiger partial charge is 0.465 e. The Morgan fingerprint density at radius 2 is 2.26 bits per heavy atom. The molecule has 0 unspecified atom stereocenters. The summed E-state index contributed by atoms with van der Waals surface area (Å²) >= 11 is 0.